The van der Waals surface area contributed by atoms with Crippen LogP contribution in [0.3, 0.4) is 0 Å². The van der Waals surface area contributed by atoms with Gasteiger partial charge >= 0.3 is 0 Å². The van der Waals surface area contributed by atoms with Gasteiger partial charge in [-0.3, -0.25) is 16.0 Å². The van der Waals surface area contributed by atoms with Crippen molar-refractivity contribution in [1.29, 1.82) is 0 Å². The first-order valence-electron chi connectivity index (χ1n) is 6.92. The normalized spacial score (nSPS) is 12.7. The lowest BCUT2D eigenvalue weighted by Crippen LogP contribution is -2.31. The van der Waals surface area contributed by atoms with Crippen LogP contribution in [0.25, 0.3) is 0 Å². The van der Waals surface area contributed by atoms with Crippen molar-refractivity contribution in [2.45, 2.75) is 39.8 Å². The van der Waals surface area contributed by atoms with Crippen molar-refractivity contribution in [3.05, 3.63) is 51.6 Å². The zero-order valence-corrected chi connectivity index (χ0v) is 13.2. The van der Waals surface area contributed by atoms with Crippen molar-refractivity contribution in [3.63, 3.8) is 0 Å². The first kappa shape index (κ1) is 15.9. The molecule has 0 aliphatic rings. The van der Waals surface area contributed by atoms with Crippen LogP contribution in [0.2, 0.25) is 5.02 Å². The van der Waals surface area contributed by atoms with E-state index in [0.29, 0.717) is 29.1 Å². The molecular weight excluding hydrogens is 291 g/mol. The second-order valence-electron chi connectivity index (χ2n) is 5.06. The van der Waals surface area contributed by atoms with Crippen LogP contribution in [-0.4, -0.2) is 9.78 Å². The SMILES string of the molecule is CCn1nc(C)c(Cl)c1CC(NN)c1cccc(C)c1F. The number of nitrogens with one attached hydrogen (secondary N) is 1. The lowest BCUT2D eigenvalue weighted by Gasteiger charge is -2.18. The Morgan fingerprint density at radius 3 is 2.76 bits per heavy atom. The minimum absolute atomic E-state index is 0.240. The molecule has 3 N–H and O–H groups in total. The van der Waals surface area contributed by atoms with Crippen LogP contribution in [0.4, 0.5) is 4.39 Å². The van der Waals surface area contributed by atoms with Gasteiger partial charge in [-0.2, -0.15) is 5.10 Å². The Morgan fingerprint density at radius 2 is 2.14 bits per heavy atom. The maximum atomic E-state index is 14.3. The largest absolute Gasteiger partial charge is 0.271 e. The number of hydrogen-bond acceptors (Lipinski definition) is 3. The monoisotopic (exact) mass is 310 g/mol. The molecule has 1 heterocycles. The van der Waals surface area contributed by atoms with E-state index in [-0.39, 0.29) is 11.9 Å². The summed E-state index contributed by atoms with van der Waals surface area (Å²) in [5.74, 6) is 5.39. The molecule has 0 aliphatic heterocycles. The van der Waals surface area contributed by atoms with Crippen LogP contribution in [0.5, 0.6) is 0 Å². The zero-order valence-electron chi connectivity index (χ0n) is 12.5. The van der Waals surface area contributed by atoms with E-state index in [2.05, 4.69) is 10.5 Å². The highest BCUT2D eigenvalue weighted by Gasteiger charge is 2.21. The van der Waals surface area contributed by atoms with E-state index in [4.69, 9.17) is 17.4 Å². The standard InChI is InChI=1S/C15H20ClFN4/c1-4-21-13(14(16)10(3)20-21)8-12(19-18)11-7-5-6-9(2)15(11)17/h5-7,12,19H,4,8,18H2,1-3H3. The molecule has 6 heteroatoms. The van der Waals surface area contributed by atoms with Crippen molar-refractivity contribution in [2.75, 3.05) is 0 Å². The van der Waals surface area contributed by atoms with E-state index in [1.54, 1.807) is 19.1 Å². The molecule has 4 nitrogen and oxygen atoms in total. The highest BCUT2D eigenvalue weighted by molar-refractivity contribution is 6.31. The lowest BCUT2D eigenvalue weighted by atomic mass is 9.99. The van der Waals surface area contributed by atoms with Crippen molar-refractivity contribution in [3.8, 4) is 0 Å². The zero-order chi connectivity index (χ0) is 15.6. The molecule has 0 radical (unpaired) electrons. The highest BCUT2D eigenvalue weighted by atomic mass is 35.5. The summed E-state index contributed by atoms with van der Waals surface area (Å²) >= 11 is 6.31. The molecule has 1 aromatic carbocycles. The Morgan fingerprint density at radius 1 is 1.43 bits per heavy atom. The molecule has 0 saturated heterocycles. The summed E-state index contributed by atoms with van der Waals surface area (Å²) < 4.78 is 16.1. The number of hydrazine groups is 1. The second kappa shape index (κ2) is 6.56. The fourth-order valence-electron chi connectivity index (χ4n) is 2.46. The van der Waals surface area contributed by atoms with Gasteiger partial charge in [-0.05, 0) is 26.3 Å². The fraction of sp³-hybridized carbons (Fsp3) is 0.400. The van der Waals surface area contributed by atoms with E-state index in [1.165, 1.54) is 0 Å². The van der Waals surface area contributed by atoms with Gasteiger partial charge in [0.2, 0.25) is 0 Å². The average molecular weight is 311 g/mol. The van der Waals surface area contributed by atoms with Crippen LogP contribution in [0.1, 0.15) is 35.5 Å². The van der Waals surface area contributed by atoms with Crippen LogP contribution >= 0.6 is 11.6 Å². The molecule has 2 rings (SSSR count). The van der Waals surface area contributed by atoms with Gasteiger partial charge in [0.15, 0.2) is 0 Å². The predicted molar refractivity (Wildman–Crippen MR) is 82.6 cm³/mol. The summed E-state index contributed by atoms with van der Waals surface area (Å²) in [5, 5.41) is 4.99. The number of rotatable bonds is 5. The first-order chi connectivity index (χ1) is 9.99. The summed E-state index contributed by atoms with van der Waals surface area (Å²) in [6, 6.07) is 4.94. The molecule has 1 aromatic heterocycles. The summed E-state index contributed by atoms with van der Waals surface area (Å²) in [5.41, 5.74) is 5.45. The predicted octanol–water partition coefficient (Wildman–Crippen LogP) is 3.06. The Kier molecular flexibility index (Phi) is 4.98. The van der Waals surface area contributed by atoms with Gasteiger partial charge in [0, 0.05) is 18.5 Å². The van der Waals surface area contributed by atoms with E-state index < -0.39 is 0 Å². The Hall–Kier alpha value is -1.43. The number of nitrogens with zero attached hydrogens (tertiary/aromatic N) is 2. The quantitative estimate of drug-likeness (QED) is 0.659. The molecule has 1 atom stereocenters. The Labute approximate surface area is 129 Å². The number of benzene rings is 1. The molecule has 0 saturated carbocycles. The average Bonchev–Trinajstić information content (AvgIpc) is 2.75. The number of halogens is 2. The van der Waals surface area contributed by atoms with Crippen molar-refractivity contribution in [1.82, 2.24) is 15.2 Å². The lowest BCUT2D eigenvalue weighted by molar-refractivity contribution is 0.488. The van der Waals surface area contributed by atoms with Crippen molar-refractivity contribution < 1.29 is 4.39 Å². The van der Waals surface area contributed by atoms with Gasteiger partial charge in [-0.1, -0.05) is 29.8 Å². The summed E-state index contributed by atoms with van der Waals surface area (Å²) in [6.07, 6.45) is 0.477. The van der Waals surface area contributed by atoms with E-state index >= 15 is 0 Å². The number of aromatic nitrogens is 2. The maximum Gasteiger partial charge on any atom is 0.130 e. The van der Waals surface area contributed by atoms with E-state index in [9.17, 15) is 4.39 Å². The second-order valence-corrected chi connectivity index (χ2v) is 5.44. The van der Waals surface area contributed by atoms with Gasteiger partial charge in [0.25, 0.3) is 0 Å². The summed E-state index contributed by atoms with van der Waals surface area (Å²) in [7, 11) is 0. The van der Waals surface area contributed by atoms with Gasteiger partial charge < -0.3 is 0 Å². The van der Waals surface area contributed by atoms with Crippen LogP contribution < -0.4 is 11.3 Å². The molecule has 0 amide bonds. The molecule has 21 heavy (non-hydrogen) atoms. The highest BCUT2D eigenvalue weighted by Crippen LogP contribution is 2.27. The minimum Gasteiger partial charge on any atom is -0.271 e. The molecule has 1 unspecified atom stereocenters. The molecule has 2 aromatic rings. The molecular formula is C15H20ClFN4. The summed E-state index contributed by atoms with van der Waals surface area (Å²) in [6.45, 7) is 6.29. The van der Waals surface area contributed by atoms with Gasteiger partial charge in [0.1, 0.15) is 5.82 Å². The maximum absolute atomic E-state index is 14.3. The Bertz CT molecular complexity index is 639. The number of nitrogens with two attached hydrogens (primary N) is 1. The minimum atomic E-state index is -0.358. The smallest absolute Gasteiger partial charge is 0.130 e. The number of hydrogen-bond donors (Lipinski definition) is 2. The summed E-state index contributed by atoms with van der Waals surface area (Å²) in [4.78, 5) is 0. The molecule has 0 aliphatic carbocycles. The first-order valence-corrected chi connectivity index (χ1v) is 7.30. The molecule has 0 bridgehead atoms. The topological polar surface area (TPSA) is 55.9 Å². The van der Waals surface area contributed by atoms with Crippen LogP contribution in [-0.2, 0) is 13.0 Å². The van der Waals surface area contributed by atoms with Gasteiger partial charge in [-0.15, -0.1) is 0 Å². The van der Waals surface area contributed by atoms with Gasteiger partial charge in [0.05, 0.1) is 22.5 Å². The van der Waals surface area contributed by atoms with Crippen LogP contribution in [0.15, 0.2) is 18.2 Å². The molecule has 114 valence electrons. The van der Waals surface area contributed by atoms with Crippen LogP contribution in [0, 0.1) is 19.7 Å². The third-order valence-electron chi connectivity index (χ3n) is 3.65. The van der Waals surface area contributed by atoms with Gasteiger partial charge in [-0.25, -0.2) is 4.39 Å². The van der Waals surface area contributed by atoms with E-state index in [0.717, 1.165) is 11.4 Å². The van der Waals surface area contributed by atoms with Crippen molar-refractivity contribution in [2.24, 2.45) is 5.84 Å². The van der Waals surface area contributed by atoms with E-state index in [1.807, 2.05) is 24.6 Å². The molecule has 0 fully saturated rings. The van der Waals surface area contributed by atoms with Crippen molar-refractivity contribution >= 4 is 11.6 Å². The third kappa shape index (κ3) is 3.10. The Balaban J connectivity index is 2.38. The fourth-order valence-corrected chi connectivity index (χ4v) is 2.67. The molecule has 0 spiro atoms. The third-order valence-corrected chi connectivity index (χ3v) is 4.14. The number of aryl methyl sites for hydroxylation is 3.